The van der Waals surface area contributed by atoms with Gasteiger partial charge < -0.3 is 24.6 Å². The Morgan fingerprint density at radius 2 is 2.04 bits per heavy atom. The van der Waals surface area contributed by atoms with Gasteiger partial charge in [-0.3, -0.25) is 4.79 Å². The van der Waals surface area contributed by atoms with Crippen molar-refractivity contribution in [3.05, 3.63) is 23.3 Å². The largest absolute Gasteiger partial charge is 0.546 e. The molecule has 0 aliphatic carbocycles. The fourth-order valence-corrected chi connectivity index (χ4v) is 2.66. The van der Waals surface area contributed by atoms with Gasteiger partial charge in [0, 0.05) is 22.8 Å². The first-order valence-electron chi connectivity index (χ1n) is 7.20. The summed E-state index contributed by atoms with van der Waals surface area (Å²) in [6.45, 7) is 1.82. The minimum absolute atomic E-state index is 0.120. The van der Waals surface area contributed by atoms with Crippen LogP contribution in [0.5, 0.6) is 11.6 Å². The fourth-order valence-electron chi connectivity index (χ4n) is 2.06. The van der Waals surface area contributed by atoms with Gasteiger partial charge in [-0.25, -0.2) is 0 Å². The van der Waals surface area contributed by atoms with E-state index in [1.54, 1.807) is 6.92 Å². The molecule has 0 radical (unpaired) electrons. The van der Waals surface area contributed by atoms with Gasteiger partial charge in [-0.05, 0) is 19.1 Å². The second-order valence-electron chi connectivity index (χ2n) is 5.21. The highest BCUT2D eigenvalue weighted by Gasteiger charge is 2.38. The van der Waals surface area contributed by atoms with Crippen LogP contribution in [0.4, 0.5) is 24.7 Å². The van der Waals surface area contributed by atoms with Crippen molar-refractivity contribution in [3.8, 4) is 11.6 Å². The van der Waals surface area contributed by atoms with Crippen molar-refractivity contribution in [3.63, 3.8) is 0 Å². The Morgan fingerprint density at radius 3 is 2.58 bits per heavy atom. The number of aromatic hydroxyl groups is 1. The Hall–Kier alpha value is -2.60. The molecular weight excluding hydrogens is 377 g/mol. The average molecular weight is 392 g/mol. The molecule has 1 amide bonds. The van der Waals surface area contributed by atoms with Crippen LogP contribution in [-0.2, 0) is 6.18 Å². The molecule has 12 heteroatoms. The molecule has 0 spiro atoms. The summed E-state index contributed by atoms with van der Waals surface area (Å²) >= 11 is -1.95. The lowest BCUT2D eigenvalue weighted by Gasteiger charge is -2.19. The molecule has 0 fully saturated rings. The Balaban J connectivity index is 2.55. The van der Waals surface area contributed by atoms with Crippen LogP contribution in [0.1, 0.15) is 22.8 Å². The molecule has 1 unspecified atom stereocenters. The van der Waals surface area contributed by atoms with Crippen molar-refractivity contribution in [2.75, 3.05) is 26.0 Å². The van der Waals surface area contributed by atoms with Gasteiger partial charge in [0.05, 0.1) is 23.4 Å². The molecule has 1 aromatic carbocycles. The number of ether oxygens (including phenoxy) is 1. The number of nitrogens with zero attached hydrogens (tertiary/aromatic N) is 3. The molecule has 1 atom stereocenters. The zero-order chi connectivity index (χ0) is 19.6. The Kier molecular flexibility index (Phi) is 5.56. The van der Waals surface area contributed by atoms with Crippen LogP contribution in [0.3, 0.4) is 0 Å². The number of carbonyl (C=O) groups is 1. The summed E-state index contributed by atoms with van der Waals surface area (Å²) in [6.07, 6.45) is -4.85. The first-order chi connectivity index (χ1) is 12.1. The van der Waals surface area contributed by atoms with Crippen LogP contribution in [0.15, 0.2) is 12.1 Å². The van der Waals surface area contributed by atoms with Crippen LogP contribution in [0.25, 0.3) is 0 Å². The van der Waals surface area contributed by atoms with Gasteiger partial charge >= 0.3 is 12.1 Å². The maximum absolute atomic E-state index is 13.2. The van der Waals surface area contributed by atoms with E-state index in [9.17, 15) is 27.6 Å². The van der Waals surface area contributed by atoms with E-state index < -0.39 is 40.1 Å². The molecule has 2 aromatic rings. The molecule has 0 aliphatic heterocycles. The Morgan fingerprint density at radius 1 is 1.38 bits per heavy atom. The van der Waals surface area contributed by atoms with Crippen molar-refractivity contribution in [1.82, 2.24) is 13.6 Å². The van der Waals surface area contributed by atoms with Crippen LogP contribution < -0.4 is 10.1 Å². The minimum atomic E-state index is -4.85. The molecule has 0 aliphatic rings. The summed E-state index contributed by atoms with van der Waals surface area (Å²) in [5, 5.41) is 12.8. The Bertz CT molecular complexity index is 823. The van der Waals surface area contributed by atoms with Gasteiger partial charge in [-0.2, -0.15) is 13.2 Å². The Labute approximate surface area is 149 Å². The number of halogens is 3. The van der Waals surface area contributed by atoms with E-state index >= 15 is 0 Å². The molecule has 1 aromatic heterocycles. The molecule has 26 heavy (non-hydrogen) atoms. The van der Waals surface area contributed by atoms with E-state index in [-0.39, 0.29) is 24.0 Å². The van der Waals surface area contributed by atoms with Crippen LogP contribution >= 0.6 is 11.1 Å². The normalized spacial score (nSPS) is 12.0. The number of aromatic nitrogens is 2. The number of benzene rings is 1. The van der Waals surface area contributed by atoms with E-state index in [0.717, 1.165) is 11.0 Å². The number of carbonyl (C=O) groups excluding carboxylic acids is 1. The molecule has 2 rings (SSSR count). The third-order valence-corrected chi connectivity index (χ3v) is 3.83. The van der Waals surface area contributed by atoms with Gasteiger partial charge in [0.2, 0.25) is 0 Å². The SMILES string of the molecule is CCOc1n[s+]([O-])nc1Nc1ccc(C(F)(F)F)c(C(=O)N(C)C)c1O. The van der Waals surface area contributed by atoms with Gasteiger partial charge in [0.25, 0.3) is 11.7 Å². The lowest BCUT2D eigenvalue weighted by Crippen LogP contribution is -2.25. The summed E-state index contributed by atoms with van der Waals surface area (Å²) in [7, 11) is 2.51. The van der Waals surface area contributed by atoms with E-state index in [1.807, 2.05) is 0 Å². The number of hydrogen-bond donors (Lipinski definition) is 2. The van der Waals surface area contributed by atoms with Crippen molar-refractivity contribution < 1.29 is 32.4 Å². The minimum Gasteiger partial charge on any atom is -0.546 e. The topological polar surface area (TPSA) is 111 Å². The quantitative estimate of drug-likeness (QED) is 0.595. The van der Waals surface area contributed by atoms with Crippen LogP contribution in [0.2, 0.25) is 0 Å². The van der Waals surface area contributed by atoms with E-state index in [1.165, 1.54) is 14.1 Å². The summed E-state index contributed by atoms with van der Waals surface area (Å²) in [4.78, 5) is 13.1. The van der Waals surface area contributed by atoms with E-state index in [2.05, 4.69) is 14.1 Å². The number of phenols is 1. The van der Waals surface area contributed by atoms with E-state index in [0.29, 0.717) is 6.07 Å². The predicted molar refractivity (Wildman–Crippen MR) is 86.3 cm³/mol. The maximum Gasteiger partial charge on any atom is 0.417 e. The number of nitrogens with one attached hydrogen (secondary N) is 1. The lowest BCUT2D eigenvalue weighted by atomic mass is 10.0. The second-order valence-corrected chi connectivity index (χ2v) is 6.03. The van der Waals surface area contributed by atoms with Gasteiger partial charge in [0.15, 0.2) is 16.9 Å². The highest BCUT2D eigenvalue weighted by molar-refractivity contribution is 7.14. The molecular formula is C14H15F3N4O4S. The predicted octanol–water partition coefficient (Wildman–Crippen LogP) is 2.77. The number of amides is 1. The third kappa shape index (κ3) is 3.96. The average Bonchev–Trinajstić information content (AvgIpc) is 2.87. The van der Waals surface area contributed by atoms with E-state index in [4.69, 9.17) is 4.74 Å². The number of phenolic OH excluding ortho intramolecular Hbond substituents is 1. The highest BCUT2D eigenvalue weighted by Crippen LogP contribution is 2.41. The molecule has 0 saturated heterocycles. The molecule has 0 saturated carbocycles. The summed E-state index contributed by atoms with van der Waals surface area (Å²) < 4.78 is 63.3. The first kappa shape index (κ1) is 19.7. The van der Waals surface area contributed by atoms with Crippen LogP contribution in [-0.4, -0.2) is 49.9 Å². The summed E-state index contributed by atoms with van der Waals surface area (Å²) in [6, 6.07) is 1.58. The fraction of sp³-hybridized carbons (Fsp3) is 0.357. The smallest absolute Gasteiger partial charge is 0.417 e. The first-order valence-corrected chi connectivity index (χ1v) is 8.27. The van der Waals surface area contributed by atoms with Crippen molar-refractivity contribution >= 4 is 28.6 Å². The van der Waals surface area contributed by atoms with Crippen molar-refractivity contribution in [2.45, 2.75) is 13.1 Å². The summed E-state index contributed by atoms with van der Waals surface area (Å²) in [5.41, 5.74) is -2.44. The molecule has 2 N–H and O–H groups in total. The summed E-state index contributed by atoms with van der Waals surface area (Å²) in [5.74, 6) is -2.21. The van der Waals surface area contributed by atoms with Crippen LogP contribution in [0, 0.1) is 0 Å². The number of hydrogen-bond acceptors (Lipinski definition) is 7. The van der Waals surface area contributed by atoms with Gasteiger partial charge in [0.1, 0.15) is 0 Å². The van der Waals surface area contributed by atoms with Gasteiger partial charge in [-0.1, -0.05) is 0 Å². The third-order valence-electron chi connectivity index (χ3n) is 3.17. The highest BCUT2D eigenvalue weighted by atomic mass is 32.2. The molecule has 8 nitrogen and oxygen atoms in total. The maximum atomic E-state index is 13.2. The second kappa shape index (κ2) is 7.33. The number of anilines is 2. The molecule has 142 valence electrons. The lowest BCUT2D eigenvalue weighted by molar-refractivity contribution is -0.138. The van der Waals surface area contributed by atoms with Gasteiger partial charge in [-0.15, -0.1) is 0 Å². The standard InChI is InChI=1S/C14H15F3N4O4S/c1-4-25-12-11(19-26(24)20-12)18-8-6-5-7(14(15,16)17)9(10(8)22)13(23)21(2)3/h5-6,22H,4H2,1-3H3,(H,18,19). The molecule has 1 heterocycles. The number of alkyl halides is 3. The zero-order valence-electron chi connectivity index (χ0n) is 13.9. The van der Waals surface area contributed by atoms with Crippen molar-refractivity contribution in [2.24, 2.45) is 0 Å². The monoisotopic (exact) mass is 392 g/mol. The van der Waals surface area contributed by atoms with Crippen molar-refractivity contribution in [1.29, 1.82) is 0 Å². The number of rotatable bonds is 5. The molecule has 0 bridgehead atoms. The zero-order valence-corrected chi connectivity index (χ0v) is 14.7.